The Morgan fingerprint density at radius 3 is 2.35 bits per heavy atom. The van der Waals surface area contributed by atoms with Gasteiger partial charge in [0.15, 0.2) is 0 Å². The summed E-state index contributed by atoms with van der Waals surface area (Å²) in [5.74, 6) is 0.480. The second kappa shape index (κ2) is 6.45. The van der Waals surface area contributed by atoms with Crippen LogP contribution in [0.25, 0.3) is 0 Å². The Balaban J connectivity index is 1.92. The fourth-order valence-corrected chi connectivity index (χ4v) is 3.10. The predicted molar refractivity (Wildman–Crippen MR) is 80.5 cm³/mol. The molecule has 2 N–H and O–H groups in total. The molecule has 1 aromatic rings. The van der Waals surface area contributed by atoms with Gasteiger partial charge in [-0.05, 0) is 43.5 Å². The minimum absolute atomic E-state index is 0.00331. The Bertz CT molecular complexity index is 568. The summed E-state index contributed by atoms with van der Waals surface area (Å²) in [6.07, 6.45) is 2.31. The number of benzene rings is 1. The van der Waals surface area contributed by atoms with E-state index >= 15 is 0 Å². The standard InChI is InChI=1S/C13H17ClN2O3S/c14-8-1-9-20(18,19)16-12-6-4-11(5-7-12)15-13(17)10-2-3-10/h4-7,10,16H,1-3,8-9H2,(H,15,17). The Morgan fingerprint density at radius 1 is 1.20 bits per heavy atom. The van der Waals surface area contributed by atoms with Gasteiger partial charge in [-0.3, -0.25) is 9.52 Å². The molecule has 1 saturated carbocycles. The minimum atomic E-state index is -3.36. The van der Waals surface area contributed by atoms with Crippen molar-refractivity contribution >= 4 is 38.9 Å². The van der Waals surface area contributed by atoms with Gasteiger partial charge in [0.25, 0.3) is 0 Å². The maximum absolute atomic E-state index is 11.7. The topological polar surface area (TPSA) is 75.3 Å². The number of anilines is 2. The van der Waals surface area contributed by atoms with Crippen LogP contribution < -0.4 is 10.0 Å². The molecule has 2 rings (SSSR count). The molecule has 0 saturated heterocycles. The van der Waals surface area contributed by atoms with Crippen molar-refractivity contribution in [2.24, 2.45) is 5.92 Å². The average molecular weight is 317 g/mol. The smallest absolute Gasteiger partial charge is 0.232 e. The number of sulfonamides is 1. The molecule has 0 unspecified atom stereocenters. The Labute approximate surface area is 123 Å². The highest BCUT2D eigenvalue weighted by molar-refractivity contribution is 7.92. The second-order valence-corrected chi connectivity index (χ2v) is 7.02. The summed E-state index contributed by atoms with van der Waals surface area (Å²) < 4.78 is 25.8. The molecule has 20 heavy (non-hydrogen) atoms. The highest BCUT2D eigenvalue weighted by Gasteiger charge is 2.29. The van der Waals surface area contributed by atoms with E-state index in [2.05, 4.69) is 10.0 Å². The van der Waals surface area contributed by atoms with Crippen LogP contribution in [-0.4, -0.2) is 26.0 Å². The molecule has 0 aliphatic heterocycles. The number of carbonyl (C=O) groups is 1. The summed E-state index contributed by atoms with van der Waals surface area (Å²) in [7, 11) is -3.36. The van der Waals surface area contributed by atoms with Gasteiger partial charge < -0.3 is 5.32 Å². The molecule has 110 valence electrons. The lowest BCUT2D eigenvalue weighted by atomic mass is 10.2. The molecule has 1 fully saturated rings. The van der Waals surface area contributed by atoms with Crippen molar-refractivity contribution in [3.8, 4) is 0 Å². The Hall–Kier alpha value is -1.27. The fraction of sp³-hybridized carbons (Fsp3) is 0.462. The molecule has 0 radical (unpaired) electrons. The number of rotatable bonds is 7. The van der Waals surface area contributed by atoms with E-state index in [1.54, 1.807) is 24.3 Å². The number of amides is 1. The molecule has 0 heterocycles. The zero-order chi connectivity index (χ0) is 14.6. The lowest BCUT2D eigenvalue weighted by molar-refractivity contribution is -0.117. The maximum atomic E-state index is 11.7. The molecule has 0 atom stereocenters. The van der Waals surface area contributed by atoms with Crippen LogP contribution in [0, 0.1) is 5.92 Å². The third kappa shape index (κ3) is 4.68. The zero-order valence-corrected chi connectivity index (χ0v) is 12.5. The van der Waals surface area contributed by atoms with Crippen LogP contribution in [0.4, 0.5) is 11.4 Å². The third-order valence-corrected chi connectivity index (χ3v) is 4.56. The molecular weight excluding hydrogens is 300 g/mol. The Kier molecular flexibility index (Phi) is 4.88. The van der Waals surface area contributed by atoms with Gasteiger partial charge in [0.2, 0.25) is 15.9 Å². The van der Waals surface area contributed by atoms with Crippen molar-refractivity contribution in [3.63, 3.8) is 0 Å². The molecule has 1 amide bonds. The van der Waals surface area contributed by atoms with Gasteiger partial charge in [-0.15, -0.1) is 11.6 Å². The van der Waals surface area contributed by atoms with Gasteiger partial charge in [-0.1, -0.05) is 0 Å². The number of carbonyl (C=O) groups excluding carboxylic acids is 1. The van der Waals surface area contributed by atoms with Crippen LogP contribution in [-0.2, 0) is 14.8 Å². The van der Waals surface area contributed by atoms with Crippen molar-refractivity contribution < 1.29 is 13.2 Å². The second-order valence-electron chi connectivity index (χ2n) is 4.80. The van der Waals surface area contributed by atoms with Crippen LogP contribution in [0.5, 0.6) is 0 Å². The quantitative estimate of drug-likeness (QED) is 0.758. The van der Waals surface area contributed by atoms with Gasteiger partial charge in [0.05, 0.1) is 5.75 Å². The number of alkyl halides is 1. The first-order valence-electron chi connectivity index (χ1n) is 6.47. The summed E-state index contributed by atoms with van der Waals surface area (Å²) in [5.41, 5.74) is 1.15. The van der Waals surface area contributed by atoms with Crippen LogP contribution in [0.1, 0.15) is 19.3 Å². The average Bonchev–Trinajstić information content (AvgIpc) is 3.23. The van der Waals surface area contributed by atoms with E-state index in [1.807, 2.05) is 0 Å². The summed E-state index contributed by atoms with van der Waals surface area (Å²) in [4.78, 5) is 11.6. The first kappa shape index (κ1) is 15.1. The van der Waals surface area contributed by atoms with E-state index in [0.29, 0.717) is 23.7 Å². The SMILES string of the molecule is O=C(Nc1ccc(NS(=O)(=O)CCCCl)cc1)C1CC1. The molecule has 0 bridgehead atoms. The van der Waals surface area contributed by atoms with E-state index in [1.165, 1.54) is 0 Å². The highest BCUT2D eigenvalue weighted by atomic mass is 35.5. The van der Waals surface area contributed by atoms with Gasteiger partial charge in [-0.25, -0.2) is 8.42 Å². The number of halogens is 1. The normalized spacial score (nSPS) is 14.8. The van der Waals surface area contributed by atoms with Gasteiger partial charge in [0, 0.05) is 23.2 Å². The maximum Gasteiger partial charge on any atom is 0.232 e. The molecule has 7 heteroatoms. The molecule has 1 aliphatic carbocycles. The Morgan fingerprint density at radius 2 is 1.80 bits per heavy atom. The van der Waals surface area contributed by atoms with Crippen LogP contribution >= 0.6 is 11.6 Å². The molecule has 0 aromatic heterocycles. The number of nitrogens with one attached hydrogen (secondary N) is 2. The molecule has 1 aromatic carbocycles. The summed E-state index contributed by atoms with van der Waals surface area (Å²) in [5, 5.41) is 2.79. The lowest BCUT2D eigenvalue weighted by Crippen LogP contribution is -2.17. The molecule has 1 aliphatic rings. The molecule has 5 nitrogen and oxygen atoms in total. The highest BCUT2D eigenvalue weighted by Crippen LogP contribution is 2.30. The van der Waals surface area contributed by atoms with Crippen molar-refractivity contribution in [1.29, 1.82) is 0 Å². The lowest BCUT2D eigenvalue weighted by Gasteiger charge is -2.09. The van der Waals surface area contributed by atoms with E-state index in [4.69, 9.17) is 11.6 Å². The van der Waals surface area contributed by atoms with Crippen LogP contribution in [0.2, 0.25) is 0 Å². The van der Waals surface area contributed by atoms with E-state index in [0.717, 1.165) is 12.8 Å². The van der Waals surface area contributed by atoms with E-state index < -0.39 is 10.0 Å². The minimum Gasteiger partial charge on any atom is -0.326 e. The summed E-state index contributed by atoms with van der Waals surface area (Å²) in [6, 6.07) is 6.61. The first-order valence-corrected chi connectivity index (χ1v) is 8.66. The van der Waals surface area contributed by atoms with Gasteiger partial charge in [-0.2, -0.15) is 0 Å². The van der Waals surface area contributed by atoms with Gasteiger partial charge in [0.1, 0.15) is 0 Å². The van der Waals surface area contributed by atoms with Crippen molar-refractivity contribution in [2.75, 3.05) is 21.7 Å². The third-order valence-electron chi connectivity index (χ3n) is 2.92. The zero-order valence-electron chi connectivity index (χ0n) is 10.9. The number of hydrogen-bond donors (Lipinski definition) is 2. The largest absolute Gasteiger partial charge is 0.326 e. The van der Waals surface area contributed by atoms with Gasteiger partial charge >= 0.3 is 0 Å². The van der Waals surface area contributed by atoms with Crippen LogP contribution in [0.15, 0.2) is 24.3 Å². The number of hydrogen-bond acceptors (Lipinski definition) is 3. The van der Waals surface area contributed by atoms with E-state index in [-0.39, 0.29) is 17.6 Å². The van der Waals surface area contributed by atoms with Crippen LogP contribution in [0.3, 0.4) is 0 Å². The predicted octanol–water partition coefficient (Wildman–Crippen LogP) is 2.41. The monoisotopic (exact) mass is 316 g/mol. The first-order chi connectivity index (χ1) is 9.50. The molecule has 0 spiro atoms. The summed E-state index contributed by atoms with van der Waals surface area (Å²) >= 11 is 5.48. The van der Waals surface area contributed by atoms with E-state index in [9.17, 15) is 13.2 Å². The van der Waals surface area contributed by atoms with Crippen molar-refractivity contribution in [2.45, 2.75) is 19.3 Å². The molecular formula is C13H17ClN2O3S. The fourth-order valence-electron chi connectivity index (χ4n) is 1.69. The van der Waals surface area contributed by atoms with Crippen molar-refractivity contribution in [1.82, 2.24) is 0 Å². The summed E-state index contributed by atoms with van der Waals surface area (Å²) in [6.45, 7) is 0. The van der Waals surface area contributed by atoms with Crippen molar-refractivity contribution in [3.05, 3.63) is 24.3 Å².